The molecule has 90 valence electrons. The second kappa shape index (κ2) is 4.94. The smallest absolute Gasteiger partial charge is 0.242 e. The van der Waals surface area contributed by atoms with Crippen molar-refractivity contribution < 1.29 is 9.90 Å². The lowest BCUT2D eigenvalue weighted by molar-refractivity contribution is -0.139. The summed E-state index contributed by atoms with van der Waals surface area (Å²) in [7, 11) is 0. The minimum Gasteiger partial charge on any atom is -0.389 e. The van der Waals surface area contributed by atoms with Crippen molar-refractivity contribution in [2.45, 2.75) is 52.2 Å². The average molecular weight is 216 g/mol. The molecule has 0 aromatic carbocycles. The number of amides is 1. The normalized spacial score (nSPS) is 15.9. The Hall–Kier alpha value is -0.610. The molecule has 0 rings (SSSR count). The summed E-state index contributed by atoms with van der Waals surface area (Å²) in [6.45, 7) is 9.74. The van der Waals surface area contributed by atoms with Crippen molar-refractivity contribution in [2.24, 2.45) is 5.73 Å². The van der Waals surface area contributed by atoms with E-state index in [2.05, 4.69) is 0 Å². The van der Waals surface area contributed by atoms with Crippen molar-refractivity contribution in [3.63, 3.8) is 0 Å². The summed E-state index contributed by atoms with van der Waals surface area (Å²) in [5, 5.41) is 9.67. The first-order valence-electron chi connectivity index (χ1n) is 5.44. The van der Waals surface area contributed by atoms with Crippen molar-refractivity contribution in [3.8, 4) is 0 Å². The van der Waals surface area contributed by atoms with Crippen molar-refractivity contribution in [1.29, 1.82) is 0 Å². The quantitative estimate of drug-likeness (QED) is 0.712. The van der Waals surface area contributed by atoms with E-state index < -0.39 is 11.1 Å². The van der Waals surface area contributed by atoms with Gasteiger partial charge in [-0.25, -0.2) is 0 Å². The minimum atomic E-state index is -0.879. The molecule has 0 aromatic rings. The highest BCUT2D eigenvalue weighted by Gasteiger charge is 2.32. The summed E-state index contributed by atoms with van der Waals surface area (Å²) < 4.78 is 0. The Morgan fingerprint density at radius 3 is 2.07 bits per heavy atom. The zero-order valence-electron chi connectivity index (χ0n) is 10.5. The summed E-state index contributed by atoms with van der Waals surface area (Å²) in [5.74, 6) is -0.102. The molecule has 0 heterocycles. The predicted molar refractivity (Wildman–Crippen MR) is 61.4 cm³/mol. The Balaban J connectivity index is 4.63. The fourth-order valence-corrected chi connectivity index (χ4v) is 1.31. The Bertz CT molecular complexity index is 219. The van der Waals surface area contributed by atoms with E-state index in [9.17, 15) is 9.90 Å². The summed E-state index contributed by atoms with van der Waals surface area (Å²) in [5.41, 5.74) is 4.17. The third kappa shape index (κ3) is 4.62. The number of hydrogen-bond donors (Lipinski definition) is 2. The van der Waals surface area contributed by atoms with E-state index in [1.165, 1.54) is 0 Å². The van der Waals surface area contributed by atoms with Gasteiger partial charge in [0.15, 0.2) is 0 Å². The largest absolute Gasteiger partial charge is 0.389 e. The number of rotatable bonds is 5. The SMILES string of the molecule is CCN(CC(C)(C)O)C(=O)C(C)(N)CC. The number of nitrogens with two attached hydrogens (primary N) is 1. The number of aliphatic hydroxyl groups is 1. The molecule has 0 saturated heterocycles. The van der Waals surface area contributed by atoms with Crippen LogP contribution in [0.4, 0.5) is 0 Å². The van der Waals surface area contributed by atoms with Gasteiger partial charge in [-0.2, -0.15) is 0 Å². The van der Waals surface area contributed by atoms with Gasteiger partial charge in [-0.3, -0.25) is 4.79 Å². The molecule has 4 nitrogen and oxygen atoms in total. The fourth-order valence-electron chi connectivity index (χ4n) is 1.31. The molecular weight excluding hydrogens is 192 g/mol. The van der Waals surface area contributed by atoms with Crippen LogP contribution in [0.25, 0.3) is 0 Å². The van der Waals surface area contributed by atoms with Gasteiger partial charge in [-0.1, -0.05) is 6.92 Å². The molecule has 0 aromatic heterocycles. The second-order valence-electron chi connectivity index (χ2n) is 4.90. The van der Waals surface area contributed by atoms with E-state index in [0.717, 1.165) is 0 Å². The molecule has 0 fully saturated rings. The third-order valence-electron chi connectivity index (χ3n) is 2.47. The molecule has 0 radical (unpaired) electrons. The highest BCUT2D eigenvalue weighted by atomic mass is 16.3. The molecule has 4 heteroatoms. The van der Waals surface area contributed by atoms with Crippen molar-refractivity contribution in [1.82, 2.24) is 4.90 Å². The zero-order chi connectivity index (χ0) is 12.3. The van der Waals surface area contributed by atoms with Crippen LogP contribution < -0.4 is 5.73 Å². The van der Waals surface area contributed by atoms with E-state index in [1.54, 1.807) is 25.7 Å². The Kier molecular flexibility index (Phi) is 4.74. The molecular formula is C11H24N2O2. The van der Waals surface area contributed by atoms with Gasteiger partial charge in [0.05, 0.1) is 11.1 Å². The first-order chi connectivity index (χ1) is 6.64. The maximum atomic E-state index is 12.0. The molecule has 0 spiro atoms. The van der Waals surface area contributed by atoms with Crippen LogP contribution in [-0.2, 0) is 4.79 Å². The Labute approximate surface area is 92.4 Å². The van der Waals surface area contributed by atoms with Gasteiger partial charge in [0.1, 0.15) is 0 Å². The number of hydrogen-bond acceptors (Lipinski definition) is 3. The standard InChI is InChI=1S/C11H24N2O2/c1-6-11(5,12)9(14)13(7-2)8-10(3,4)15/h15H,6-8,12H2,1-5H3. The van der Waals surface area contributed by atoms with E-state index >= 15 is 0 Å². The fraction of sp³-hybridized carbons (Fsp3) is 0.909. The van der Waals surface area contributed by atoms with Crippen molar-refractivity contribution in [2.75, 3.05) is 13.1 Å². The maximum Gasteiger partial charge on any atom is 0.242 e. The van der Waals surface area contributed by atoms with Crippen LogP contribution >= 0.6 is 0 Å². The number of likely N-dealkylation sites (N-methyl/N-ethyl adjacent to an activating group) is 1. The Morgan fingerprint density at radius 2 is 1.80 bits per heavy atom. The predicted octanol–water partition coefficient (Wildman–Crippen LogP) is 0.733. The van der Waals surface area contributed by atoms with Gasteiger partial charge in [0.25, 0.3) is 0 Å². The minimum absolute atomic E-state index is 0.102. The van der Waals surface area contributed by atoms with E-state index in [1.807, 2.05) is 13.8 Å². The van der Waals surface area contributed by atoms with Crippen LogP contribution in [0.5, 0.6) is 0 Å². The van der Waals surface area contributed by atoms with Crippen LogP contribution in [-0.4, -0.2) is 40.1 Å². The van der Waals surface area contributed by atoms with Crippen LogP contribution in [0.3, 0.4) is 0 Å². The van der Waals surface area contributed by atoms with Gasteiger partial charge >= 0.3 is 0 Å². The summed E-state index contributed by atoms with van der Waals surface area (Å²) >= 11 is 0. The molecule has 1 amide bonds. The van der Waals surface area contributed by atoms with Gasteiger partial charge in [-0.15, -0.1) is 0 Å². The third-order valence-corrected chi connectivity index (χ3v) is 2.47. The van der Waals surface area contributed by atoms with Crippen molar-refractivity contribution in [3.05, 3.63) is 0 Å². The van der Waals surface area contributed by atoms with E-state index in [-0.39, 0.29) is 5.91 Å². The number of carbonyl (C=O) groups is 1. The monoisotopic (exact) mass is 216 g/mol. The van der Waals surface area contributed by atoms with Gasteiger partial charge < -0.3 is 15.7 Å². The van der Waals surface area contributed by atoms with Crippen LogP contribution in [0.1, 0.15) is 41.0 Å². The molecule has 0 saturated carbocycles. The lowest BCUT2D eigenvalue weighted by Crippen LogP contribution is -2.55. The van der Waals surface area contributed by atoms with E-state index in [4.69, 9.17) is 5.73 Å². The molecule has 0 aliphatic carbocycles. The molecule has 1 atom stereocenters. The van der Waals surface area contributed by atoms with Crippen LogP contribution in [0.2, 0.25) is 0 Å². The van der Waals surface area contributed by atoms with E-state index in [0.29, 0.717) is 19.5 Å². The number of nitrogens with zero attached hydrogens (tertiary/aromatic N) is 1. The summed E-state index contributed by atoms with van der Waals surface area (Å²) in [6, 6.07) is 0. The van der Waals surface area contributed by atoms with Crippen molar-refractivity contribution >= 4 is 5.91 Å². The van der Waals surface area contributed by atoms with Crippen LogP contribution in [0.15, 0.2) is 0 Å². The average Bonchev–Trinajstić information content (AvgIpc) is 2.11. The van der Waals surface area contributed by atoms with Gasteiger partial charge in [-0.05, 0) is 34.1 Å². The summed E-state index contributed by atoms with van der Waals surface area (Å²) in [4.78, 5) is 13.6. The molecule has 1 unspecified atom stereocenters. The maximum absolute atomic E-state index is 12.0. The van der Waals surface area contributed by atoms with Gasteiger partial charge in [0, 0.05) is 13.1 Å². The Morgan fingerprint density at radius 1 is 1.33 bits per heavy atom. The lowest BCUT2D eigenvalue weighted by atomic mass is 9.97. The number of carbonyl (C=O) groups excluding carboxylic acids is 1. The molecule has 0 aliphatic heterocycles. The lowest BCUT2D eigenvalue weighted by Gasteiger charge is -2.34. The van der Waals surface area contributed by atoms with Crippen LogP contribution in [0, 0.1) is 0 Å². The first-order valence-corrected chi connectivity index (χ1v) is 5.44. The first kappa shape index (κ1) is 14.4. The highest BCUT2D eigenvalue weighted by molar-refractivity contribution is 5.85. The molecule has 0 bridgehead atoms. The van der Waals surface area contributed by atoms with Gasteiger partial charge in [0.2, 0.25) is 5.91 Å². The molecule has 15 heavy (non-hydrogen) atoms. The molecule has 3 N–H and O–H groups in total. The summed E-state index contributed by atoms with van der Waals surface area (Å²) in [6.07, 6.45) is 0.591. The topological polar surface area (TPSA) is 66.6 Å². The highest BCUT2D eigenvalue weighted by Crippen LogP contribution is 2.13. The molecule has 0 aliphatic rings. The zero-order valence-corrected chi connectivity index (χ0v) is 10.5. The second-order valence-corrected chi connectivity index (χ2v) is 4.90.